The first-order valence-electron chi connectivity index (χ1n) is 7.60. The fourth-order valence-electron chi connectivity index (χ4n) is 2.37. The maximum absolute atomic E-state index is 13.0. The monoisotopic (exact) mass is 375 g/mol. The minimum absolute atomic E-state index is 0.0975. The zero-order valence-electron chi connectivity index (χ0n) is 14.0. The van der Waals surface area contributed by atoms with Crippen molar-refractivity contribution in [2.45, 2.75) is 0 Å². The van der Waals surface area contributed by atoms with Gasteiger partial charge in [-0.05, 0) is 36.4 Å². The van der Waals surface area contributed by atoms with Crippen LogP contribution in [-0.4, -0.2) is 20.1 Å². The number of furan rings is 1. The molecular formula is C19H15ClFNO4. The molecule has 0 spiro atoms. The third kappa shape index (κ3) is 3.65. The van der Waals surface area contributed by atoms with Crippen LogP contribution in [0.2, 0.25) is 5.02 Å². The molecule has 2 aromatic carbocycles. The SMILES string of the molecule is COc1cc(NC(=O)c2ccc(-c3ccc(F)cc3)o2)c(OC)cc1Cl. The van der Waals surface area contributed by atoms with Crippen molar-refractivity contribution in [3.8, 4) is 22.8 Å². The van der Waals surface area contributed by atoms with Gasteiger partial charge >= 0.3 is 0 Å². The van der Waals surface area contributed by atoms with Gasteiger partial charge in [0.2, 0.25) is 0 Å². The van der Waals surface area contributed by atoms with Crippen molar-refractivity contribution in [2.75, 3.05) is 19.5 Å². The molecule has 0 saturated heterocycles. The van der Waals surface area contributed by atoms with E-state index in [4.69, 9.17) is 25.5 Å². The minimum Gasteiger partial charge on any atom is -0.495 e. The van der Waals surface area contributed by atoms with Crippen molar-refractivity contribution in [1.82, 2.24) is 0 Å². The molecule has 1 N–H and O–H groups in total. The quantitative estimate of drug-likeness (QED) is 0.681. The maximum atomic E-state index is 13.0. The lowest BCUT2D eigenvalue weighted by atomic mass is 10.2. The minimum atomic E-state index is -0.471. The summed E-state index contributed by atoms with van der Waals surface area (Å²) in [4.78, 5) is 12.5. The Bertz CT molecular complexity index is 937. The summed E-state index contributed by atoms with van der Waals surface area (Å²) in [7, 11) is 2.94. The lowest BCUT2D eigenvalue weighted by molar-refractivity contribution is 0.0997. The Morgan fingerprint density at radius 3 is 2.38 bits per heavy atom. The topological polar surface area (TPSA) is 60.7 Å². The van der Waals surface area contributed by atoms with Crippen LogP contribution >= 0.6 is 11.6 Å². The van der Waals surface area contributed by atoms with Gasteiger partial charge < -0.3 is 19.2 Å². The summed E-state index contributed by atoms with van der Waals surface area (Å²) in [5.41, 5.74) is 1.05. The zero-order valence-corrected chi connectivity index (χ0v) is 14.8. The summed E-state index contributed by atoms with van der Waals surface area (Å²) in [5.74, 6) is 0.517. The average molecular weight is 376 g/mol. The molecule has 0 radical (unpaired) electrons. The van der Waals surface area contributed by atoms with E-state index in [1.54, 1.807) is 30.3 Å². The Balaban J connectivity index is 1.84. The van der Waals surface area contributed by atoms with E-state index >= 15 is 0 Å². The van der Waals surface area contributed by atoms with Crippen LogP contribution in [-0.2, 0) is 0 Å². The number of benzene rings is 2. The molecular weight excluding hydrogens is 361 g/mol. The molecule has 0 saturated carbocycles. The Morgan fingerprint density at radius 1 is 1.04 bits per heavy atom. The predicted molar refractivity (Wildman–Crippen MR) is 96.6 cm³/mol. The van der Waals surface area contributed by atoms with Gasteiger partial charge in [-0.1, -0.05) is 11.6 Å². The molecule has 5 nitrogen and oxygen atoms in total. The van der Waals surface area contributed by atoms with Gasteiger partial charge in [0, 0.05) is 17.7 Å². The summed E-state index contributed by atoms with van der Waals surface area (Å²) in [6.45, 7) is 0. The molecule has 0 atom stereocenters. The summed E-state index contributed by atoms with van der Waals surface area (Å²) in [6.07, 6.45) is 0. The number of anilines is 1. The maximum Gasteiger partial charge on any atom is 0.291 e. The number of ether oxygens (including phenoxy) is 2. The number of rotatable bonds is 5. The van der Waals surface area contributed by atoms with Gasteiger partial charge in [0.1, 0.15) is 23.1 Å². The van der Waals surface area contributed by atoms with Crippen molar-refractivity contribution < 1.29 is 23.1 Å². The van der Waals surface area contributed by atoms with E-state index in [0.717, 1.165) is 0 Å². The molecule has 1 amide bonds. The highest BCUT2D eigenvalue weighted by Crippen LogP contribution is 2.36. The number of hydrogen-bond donors (Lipinski definition) is 1. The second-order valence-corrected chi connectivity index (χ2v) is 5.72. The van der Waals surface area contributed by atoms with Crippen LogP contribution in [0.4, 0.5) is 10.1 Å². The molecule has 0 aliphatic carbocycles. The molecule has 3 rings (SSSR count). The largest absolute Gasteiger partial charge is 0.495 e. The first kappa shape index (κ1) is 17.8. The molecule has 1 heterocycles. The molecule has 0 aliphatic heterocycles. The van der Waals surface area contributed by atoms with Crippen LogP contribution in [0.1, 0.15) is 10.6 Å². The van der Waals surface area contributed by atoms with E-state index in [0.29, 0.717) is 33.5 Å². The van der Waals surface area contributed by atoms with Crippen LogP contribution < -0.4 is 14.8 Å². The molecule has 0 fully saturated rings. The Labute approximate surface area is 154 Å². The third-order valence-corrected chi connectivity index (χ3v) is 3.98. The van der Waals surface area contributed by atoms with Gasteiger partial charge in [0.05, 0.1) is 24.9 Å². The standard InChI is InChI=1S/C19H15ClFNO4/c1-24-17-10-14(18(25-2)9-13(17)20)22-19(23)16-8-7-15(26-16)11-3-5-12(21)6-4-11/h3-10H,1-2H3,(H,22,23). The van der Waals surface area contributed by atoms with Crippen LogP contribution in [0.5, 0.6) is 11.5 Å². The number of hydrogen-bond acceptors (Lipinski definition) is 4. The lowest BCUT2D eigenvalue weighted by Gasteiger charge is -2.12. The van der Waals surface area contributed by atoms with E-state index in [1.807, 2.05) is 0 Å². The van der Waals surface area contributed by atoms with Crippen LogP contribution in [0, 0.1) is 5.82 Å². The zero-order chi connectivity index (χ0) is 18.7. The molecule has 0 bridgehead atoms. The van der Waals surface area contributed by atoms with Crippen LogP contribution in [0.15, 0.2) is 52.9 Å². The van der Waals surface area contributed by atoms with E-state index < -0.39 is 5.91 Å². The second-order valence-electron chi connectivity index (χ2n) is 5.31. The van der Waals surface area contributed by atoms with Crippen molar-refractivity contribution in [3.05, 3.63) is 65.1 Å². The highest BCUT2D eigenvalue weighted by atomic mass is 35.5. The van der Waals surface area contributed by atoms with Gasteiger partial charge in [-0.15, -0.1) is 0 Å². The van der Waals surface area contributed by atoms with Gasteiger partial charge in [-0.3, -0.25) is 4.79 Å². The first-order valence-corrected chi connectivity index (χ1v) is 7.98. The second kappa shape index (κ2) is 7.49. The summed E-state index contributed by atoms with van der Waals surface area (Å²) in [5, 5.41) is 3.06. The first-order chi connectivity index (χ1) is 12.5. The Hall–Kier alpha value is -2.99. The molecule has 26 heavy (non-hydrogen) atoms. The average Bonchev–Trinajstić information content (AvgIpc) is 3.13. The third-order valence-electron chi connectivity index (χ3n) is 3.68. The number of nitrogens with one attached hydrogen (secondary N) is 1. The normalized spacial score (nSPS) is 10.5. The predicted octanol–water partition coefficient (Wildman–Crippen LogP) is 5.01. The molecule has 134 valence electrons. The molecule has 1 aromatic heterocycles. The molecule has 0 unspecified atom stereocenters. The summed E-state index contributed by atoms with van der Waals surface area (Å²) in [6, 6.07) is 12.1. The smallest absolute Gasteiger partial charge is 0.291 e. The molecule has 7 heteroatoms. The Morgan fingerprint density at radius 2 is 1.73 bits per heavy atom. The van der Waals surface area contributed by atoms with Crippen LogP contribution in [0.3, 0.4) is 0 Å². The Kier molecular flexibility index (Phi) is 5.14. The molecule has 3 aromatic rings. The lowest BCUT2D eigenvalue weighted by Crippen LogP contribution is -2.12. The van der Waals surface area contributed by atoms with Crippen molar-refractivity contribution >= 4 is 23.2 Å². The van der Waals surface area contributed by atoms with Gasteiger partial charge in [0.15, 0.2) is 5.76 Å². The number of carbonyl (C=O) groups is 1. The highest BCUT2D eigenvalue weighted by Gasteiger charge is 2.17. The fourth-order valence-corrected chi connectivity index (χ4v) is 2.60. The van der Waals surface area contributed by atoms with Gasteiger partial charge in [0.25, 0.3) is 5.91 Å². The van der Waals surface area contributed by atoms with E-state index in [1.165, 1.54) is 32.4 Å². The van der Waals surface area contributed by atoms with Gasteiger partial charge in [-0.25, -0.2) is 4.39 Å². The van der Waals surface area contributed by atoms with Crippen LogP contribution in [0.25, 0.3) is 11.3 Å². The fraction of sp³-hybridized carbons (Fsp3) is 0.105. The van der Waals surface area contributed by atoms with E-state index in [2.05, 4.69) is 5.32 Å². The number of carbonyl (C=O) groups excluding carboxylic acids is 1. The number of amides is 1. The summed E-state index contributed by atoms with van der Waals surface area (Å²) >= 11 is 6.05. The van der Waals surface area contributed by atoms with E-state index in [-0.39, 0.29) is 11.6 Å². The van der Waals surface area contributed by atoms with Crippen molar-refractivity contribution in [2.24, 2.45) is 0 Å². The number of methoxy groups -OCH3 is 2. The van der Waals surface area contributed by atoms with Crippen molar-refractivity contribution in [1.29, 1.82) is 0 Å². The summed E-state index contributed by atoms with van der Waals surface area (Å²) < 4.78 is 29.0. The highest BCUT2D eigenvalue weighted by molar-refractivity contribution is 6.32. The van der Waals surface area contributed by atoms with Crippen molar-refractivity contribution in [3.63, 3.8) is 0 Å². The number of halogens is 2. The van der Waals surface area contributed by atoms with Gasteiger partial charge in [-0.2, -0.15) is 0 Å². The van der Waals surface area contributed by atoms with E-state index in [9.17, 15) is 9.18 Å². The molecule has 0 aliphatic rings.